The van der Waals surface area contributed by atoms with E-state index >= 15 is 0 Å². The predicted octanol–water partition coefficient (Wildman–Crippen LogP) is 3.88. The minimum absolute atomic E-state index is 0.186. The molecule has 0 spiro atoms. The van der Waals surface area contributed by atoms with E-state index in [2.05, 4.69) is 31.6 Å². The fraction of sp³-hybridized carbons (Fsp3) is 0.455. The molecule has 9 heteroatoms. The first-order valence-electron chi connectivity index (χ1n) is 10.4. The number of hydrogen-bond donors (Lipinski definition) is 2. The number of pyridine rings is 1. The molecule has 2 N–H and O–H groups in total. The molecule has 0 bridgehead atoms. The molecule has 0 atom stereocenters. The first-order valence-corrected chi connectivity index (χ1v) is 10.4. The number of rotatable bonds is 7. The van der Waals surface area contributed by atoms with Crippen molar-refractivity contribution in [3.05, 3.63) is 53.7 Å². The van der Waals surface area contributed by atoms with Crippen molar-refractivity contribution in [3.63, 3.8) is 0 Å². The van der Waals surface area contributed by atoms with Crippen LogP contribution >= 0.6 is 0 Å². The Morgan fingerprint density at radius 2 is 1.71 bits per heavy atom. The fourth-order valence-corrected chi connectivity index (χ4v) is 3.33. The van der Waals surface area contributed by atoms with E-state index in [-0.39, 0.29) is 5.75 Å². The second kappa shape index (κ2) is 10.9. The van der Waals surface area contributed by atoms with Gasteiger partial charge in [-0.05, 0) is 54.7 Å². The maximum absolute atomic E-state index is 12.2. The van der Waals surface area contributed by atoms with Gasteiger partial charge in [-0.2, -0.15) is 13.2 Å². The van der Waals surface area contributed by atoms with Crippen molar-refractivity contribution >= 4 is 11.8 Å². The lowest BCUT2D eigenvalue weighted by molar-refractivity contribution is -0.153. The van der Waals surface area contributed by atoms with Gasteiger partial charge >= 0.3 is 6.18 Å². The molecule has 6 nitrogen and oxygen atoms in total. The van der Waals surface area contributed by atoms with Crippen LogP contribution < -0.4 is 20.3 Å². The minimum atomic E-state index is -4.35. The molecule has 1 aliphatic heterocycles. The normalized spacial score (nSPS) is 15.0. The van der Waals surface area contributed by atoms with E-state index < -0.39 is 12.8 Å². The van der Waals surface area contributed by atoms with Crippen LogP contribution in [0.4, 0.5) is 19.0 Å². The van der Waals surface area contributed by atoms with Crippen LogP contribution in [0, 0.1) is 0 Å². The summed E-state index contributed by atoms with van der Waals surface area (Å²) in [5.74, 6) is 1.83. The molecule has 0 unspecified atom stereocenters. The van der Waals surface area contributed by atoms with Gasteiger partial charge in [0.15, 0.2) is 12.6 Å². The topological polar surface area (TPSA) is 61.8 Å². The smallest absolute Gasteiger partial charge is 0.422 e. The number of aliphatic imine (C=N–C) groups is 1. The number of halogens is 3. The zero-order valence-electron chi connectivity index (χ0n) is 17.6. The van der Waals surface area contributed by atoms with E-state index in [0.717, 1.165) is 30.0 Å². The molecule has 1 saturated heterocycles. The van der Waals surface area contributed by atoms with Crippen molar-refractivity contribution in [3.8, 4) is 5.75 Å². The van der Waals surface area contributed by atoms with Gasteiger partial charge in [-0.15, -0.1) is 0 Å². The number of ether oxygens (including phenoxy) is 1. The Morgan fingerprint density at radius 1 is 1.03 bits per heavy atom. The molecular weight excluding hydrogens is 407 g/mol. The molecule has 1 aliphatic rings. The number of anilines is 1. The van der Waals surface area contributed by atoms with Gasteiger partial charge in [-0.25, -0.2) is 4.98 Å². The summed E-state index contributed by atoms with van der Waals surface area (Å²) < 4.78 is 41.4. The van der Waals surface area contributed by atoms with Gasteiger partial charge < -0.3 is 20.3 Å². The largest absolute Gasteiger partial charge is 0.484 e. The Hall–Kier alpha value is -2.97. The summed E-state index contributed by atoms with van der Waals surface area (Å²) in [4.78, 5) is 11.0. The summed E-state index contributed by atoms with van der Waals surface area (Å²) in [5.41, 5.74) is 2.02. The highest BCUT2D eigenvalue weighted by Gasteiger charge is 2.28. The van der Waals surface area contributed by atoms with Gasteiger partial charge in [0.05, 0.1) is 0 Å². The minimum Gasteiger partial charge on any atom is -0.484 e. The van der Waals surface area contributed by atoms with Crippen LogP contribution in [0.15, 0.2) is 47.6 Å². The van der Waals surface area contributed by atoms with Crippen LogP contribution in [-0.4, -0.2) is 43.9 Å². The van der Waals surface area contributed by atoms with E-state index in [1.165, 1.54) is 31.4 Å². The lowest BCUT2D eigenvalue weighted by atomic mass is 10.1. The third-order valence-corrected chi connectivity index (χ3v) is 4.96. The summed E-state index contributed by atoms with van der Waals surface area (Å²) >= 11 is 0. The second-order valence-corrected chi connectivity index (χ2v) is 7.40. The third kappa shape index (κ3) is 7.66. The molecule has 1 fully saturated rings. The molecule has 31 heavy (non-hydrogen) atoms. The Kier molecular flexibility index (Phi) is 7.97. The maximum Gasteiger partial charge on any atom is 0.422 e. The number of nitrogens with one attached hydrogen (secondary N) is 2. The van der Waals surface area contributed by atoms with Crippen molar-refractivity contribution in [2.24, 2.45) is 4.99 Å². The summed E-state index contributed by atoms with van der Waals surface area (Å²) in [6.45, 7) is 1.89. The van der Waals surface area contributed by atoms with E-state index in [1.54, 1.807) is 19.2 Å². The highest BCUT2D eigenvalue weighted by molar-refractivity contribution is 5.79. The molecule has 1 aromatic carbocycles. The van der Waals surface area contributed by atoms with Gasteiger partial charge in [0.2, 0.25) is 0 Å². The fourth-order valence-electron chi connectivity index (χ4n) is 3.33. The highest BCUT2D eigenvalue weighted by atomic mass is 19.4. The highest BCUT2D eigenvalue weighted by Crippen LogP contribution is 2.19. The van der Waals surface area contributed by atoms with Crippen molar-refractivity contribution in [1.29, 1.82) is 0 Å². The number of hydrogen-bond acceptors (Lipinski definition) is 4. The Balaban J connectivity index is 1.46. The number of alkyl halides is 3. The number of piperidine rings is 1. The van der Waals surface area contributed by atoms with E-state index in [1.807, 2.05) is 12.3 Å². The Labute approximate surface area is 180 Å². The molecule has 0 amide bonds. The van der Waals surface area contributed by atoms with Crippen LogP contribution in [0.25, 0.3) is 0 Å². The quantitative estimate of drug-likeness (QED) is 0.511. The molecule has 0 saturated carbocycles. The van der Waals surface area contributed by atoms with Gasteiger partial charge in [0, 0.05) is 39.4 Å². The predicted molar refractivity (Wildman–Crippen MR) is 115 cm³/mol. The summed E-state index contributed by atoms with van der Waals surface area (Å²) in [5, 5.41) is 6.48. The first-order chi connectivity index (χ1) is 14.9. The average Bonchev–Trinajstić information content (AvgIpc) is 2.79. The summed E-state index contributed by atoms with van der Waals surface area (Å²) in [6, 6.07) is 10.6. The standard InChI is InChI=1S/C22H28F3N5O/c1-26-21(28-14-17-5-7-19(8-6-17)31-16-22(23,24)25)29-15-18-9-10-27-20(13-18)30-11-3-2-4-12-30/h5-10,13H,2-4,11-12,14-16H2,1H3,(H2,26,28,29). The monoisotopic (exact) mass is 435 g/mol. The van der Waals surface area contributed by atoms with E-state index in [9.17, 15) is 13.2 Å². The van der Waals surface area contributed by atoms with Crippen molar-refractivity contribution in [2.75, 3.05) is 31.6 Å². The Bertz CT molecular complexity index is 849. The number of benzene rings is 1. The van der Waals surface area contributed by atoms with E-state index in [4.69, 9.17) is 4.74 Å². The van der Waals surface area contributed by atoms with Crippen LogP contribution in [-0.2, 0) is 13.1 Å². The Morgan fingerprint density at radius 3 is 2.35 bits per heavy atom. The SMILES string of the molecule is CN=C(NCc1ccc(OCC(F)(F)F)cc1)NCc1ccnc(N2CCCCC2)c1. The van der Waals surface area contributed by atoms with Gasteiger partial charge in [-0.1, -0.05) is 12.1 Å². The zero-order valence-corrected chi connectivity index (χ0v) is 17.6. The van der Waals surface area contributed by atoms with E-state index in [0.29, 0.717) is 19.0 Å². The molecule has 1 aromatic heterocycles. The van der Waals surface area contributed by atoms with Gasteiger partial charge in [0.1, 0.15) is 11.6 Å². The van der Waals surface area contributed by atoms with Crippen LogP contribution in [0.3, 0.4) is 0 Å². The zero-order chi connectivity index (χ0) is 22.1. The molecule has 0 aliphatic carbocycles. The van der Waals surface area contributed by atoms with Crippen molar-refractivity contribution < 1.29 is 17.9 Å². The number of guanidine groups is 1. The van der Waals surface area contributed by atoms with Crippen molar-refractivity contribution in [2.45, 2.75) is 38.5 Å². The molecule has 3 rings (SSSR count). The van der Waals surface area contributed by atoms with Gasteiger partial charge in [0.25, 0.3) is 0 Å². The lowest BCUT2D eigenvalue weighted by Crippen LogP contribution is -2.36. The van der Waals surface area contributed by atoms with Crippen LogP contribution in [0.1, 0.15) is 30.4 Å². The van der Waals surface area contributed by atoms with Crippen LogP contribution in [0.2, 0.25) is 0 Å². The molecule has 168 valence electrons. The number of nitrogens with zero attached hydrogens (tertiary/aromatic N) is 3. The average molecular weight is 435 g/mol. The molecule has 2 aromatic rings. The molecular formula is C22H28F3N5O. The van der Waals surface area contributed by atoms with Crippen LogP contribution in [0.5, 0.6) is 5.75 Å². The third-order valence-electron chi connectivity index (χ3n) is 4.96. The number of aromatic nitrogens is 1. The summed E-state index contributed by atoms with van der Waals surface area (Å²) in [7, 11) is 1.69. The van der Waals surface area contributed by atoms with Gasteiger partial charge in [-0.3, -0.25) is 4.99 Å². The first kappa shape index (κ1) is 22.7. The maximum atomic E-state index is 12.2. The molecule has 0 radical (unpaired) electrons. The lowest BCUT2D eigenvalue weighted by Gasteiger charge is -2.28. The molecule has 2 heterocycles. The summed E-state index contributed by atoms with van der Waals surface area (Å²) in [6.07, 6.45) is 1.18. The second-order valence-electron chi connectivity index (χ2n) is 7.40. The van der Waals surface area contributed by atoms with Crippen molar-refractivity contribution in [1.82, 2.24) is 15.6 Å².